The Morgan fingerprint density at radius 2 is 2.04 bits per heavy atom. The minimum Gasteiger partial charge on any atom is -0.354 e. The number of halogens is 1. The van der Waals surface area contributed by atoms with Gasteiger partial charge in [0.25, 0.3) is 0 Å². The molecule has 0 saturated carbocycles. The summed E-state index contributed by atoms with van der Waals surface area (Å²) in [6.07, 6.45) is 3.16. The first-order valence-electron chi connectivity index (χ1n) is 7.98. The highest BCUT2D eigenvalue weighted by atomic mass is 35.5. The second-order valence-electron chi connectivity index (χ2n) is 6.00. The molecule has 1 aromatic rings. The van der Waals surface area contributed by atoms with Gasteiger partial charge in [0.2, 0.25) is 11.8 Å². The zero-order valence-corrected chi connectivity index (χ0v) is 13.5. The standard InChI is InChI=1S/C16H21ClN4O2/c17-11-6-2-1-5-10(11)13-9-14(21-20-13)16(23)19-12-7-3-4-8-18-15(12)22/h1-2,5-6,12-14,20-21H,3-4,7-9H2,(H,18,22)(H,19,23). The van der Waals surface area contributed by atoms with Crippen molar-refractivity contribution in [1.82, 2.24) is 21.5 Å². The fourth-order valence-corrected chi connectivity index (χ4v) is 3.31. The van der Waals surface area contributed by atoms with Gasteiger partial charge in [-0.05, 0) is 37.3 Å². The molecule has 124 valence electrons. The minimum absolute atomic E-state index is 0.0255. The maximum absolute atomic E-state index is 12.4. The number of hydrogen-bond acceptors (Lipinski definition) is 4. The second-order valence-corrected chi connectivity index (χ2v) is 6.41. The summed E-state index contributed by atoms with van der Waals surface area (Å²) in [5.74, 6) is -0.251. The van der Waals surface area contributed by atoms with Crippen LogP contribution in [-0.2, 0) is 9.59 Å². The molecule has 3 atom stereocenters. The zero-order chi connectivity index (χ0) is 16.2. The van der Waals surface area contributed by atoms with Crippen LogP contribution in [0, 0.1) is 0 Å². The van der Waals surface area contributed by atoms with Gasteiger partial charge >= 0.3 is 0 Å². The summed E-state index contributed by atoms with van der Waals surface area (Å²) in [4.78, 5) is 24.3. The quantitative estimate of drug-likeness (QED) is 0.664. The summed E-state index contributed by atoms with van der Waals surface area (Å²) >= 11 is 6.20. The van der Waals surface area contributed by atoms with Crippen molar-refractivity contribution in [2.24, 2.45) is 0 Å². The summed E-state index contributed by atoms with van der Waals surface area (Å²) in [6.45, 7) is 0.684. The highest BCUT2D eigenvalue weighted by molar-refractivity contribution is 6.31. The SMILES string of the molecule is O=C(NC1CCCCNC1=O)C1CC(c2ccccc2Cl)NN1. The lowest BCUT2D eigenvalue weighted by Gasteiger charge is -2.18. The molecule has 2 amide bonds. The van der Waals surface area contributed by atoms with Crippen molar-refractivity contribution in [2.45, 2.75) is 43.8 Å². The molecule has 1 aromatic carbocycles. The van der Waals surface area contributed by atoms with Gasteiger partial charge in [-0.25, -0.2) is 10.9 Å². The largest absolute Gasteiger partial charge is 0.354 e. The van der Waals surface area contributed by atoms with E-state index in [0.29, 0.717) is 24.4 Å². The summed E-state index contributed by atoms with van der Waals surface area (Å²) in [5.41, 5.74) is 7.07. The van der Waals surface area contributed by atoms with E-state index < -0.39 is 6.04 Å². The van der Waals surface area contributed by atoms with Gasteiger partial charge in [0.15, 0.2) is 0 Å². The van der Waals surface area contributed by atoms with E-state index in [0.717, 1.165) is 18.4 Å². The Kier molecular flexibility index (Phi) is 5.15. The van der Waals surface area contributed by atoms with Crippen molar-refractivity contribution in [3.8, 4) is 0 Å². The minimum atomic E-state index is -0.439. The smallest absolute Gasteiger partial charge is 0.242 e. The van der Waals surface area contributed by atoms with Crippen LogP contribution >= 0.6 is 11.6 Å². The lowest BCUT2D eigenvalue weighted by atomic mass is 10.0. The number of carbonyl (C=O) groups is 2. The van der Waals surface area contributed by atoms with Crippen LogP contribution in [0.4, 0.5) is 0 Å². The van der Waals surface area contributed by atoms with E-state index in [2.05, 4.69) is 21.5 Å². The third-order valence-corrected chi connectivity index (χ3v) is 4.70. The Morgan fingerprint density at radius 3 is 2.87 bits per heavy atom. The Hall–Kier alpha value is -1.63. The molecular formula is C16H21ClN4O2. The van der Waals surface area contributed by atoms with E-state index in [1.165, 1.54) is 0 Å². The maximum Gasteiger partial charge on any atom is 0.242 e. The molecule has 7 heteroatoms. The highest BCUT2D eigenvalue weighted by Gasteiger charge is 2.33. The Balaban J connectivity index is 1.59. The molecule has 2 fully saturated rings. The fraction of sp³-hybridized carbons (Fsp3) is 0.500. The number of rotatable bonds is 3. The van der Waals surface area contributed by atoms with E-state index in [4.69, 9.17) is 11.6 Å². The Morgan fingerprint density at radius 1 is 1.22 bits per heavy atom. The maximum atomic E-state index is 12.4. The molecule has 2 heterocycles. The van der Waals surface area contributed by atoms with E-state index in [1.807, 2.05) is 24.3 Å². The van der Waals surface area contributed by atoms with Crippen LogP contribution < -0.4 is 21.5 Å². The molecule has 6 nitrogen and oxygen atoms in total. The van der Waals surface area contributed by atoms with Crippen LogP contribution in [0.2, 0.25) is 5.02 Å². The summed E-state index contributed by atoms with van der Waals surface area (Å²) < 4.78 is 0. The molecule has 0 bridgehead atoms. The number of benzene rings is 1. The number of nitrogens with one attached hydrogen (secondary N) is 4. The van der Waals surface area contributed by atoms with Gasteiger partial charge in [-0.1, -0.05) is 29.8 Å². The molecule has 23 heavy (non-hydrogen) atoms. The van der Waals surface area contributed by atoms with Crippen LogP contribution in [0.5, 0.6) is 0 Å². The van der Waals surface area contributed by atoms with Gasteiger partial charge in [0, 0.05) is 17.6 Å². The van der Waals surface area contributed by atoms with Crippen LogP contribution in [-0.4, -0.2) is 30.4 Å². The fourth-order valence-electron chi connectivity index (χ4n) is 3.04. The first-order chi connectivity index (χ1) is 11.1. The van der Waals surface area contributed by atoms with Crippen molar-refractivity contribution in [2.75, 3.05) is 6.54 Å². The van der Waals surface area contributed by atoms with Gasteiger partial charge in [-0.15, -0.1) is 0 Å². The Labute approximate surface area is 140 Å². The molecule has 0 radical (unpaired) electrons. The third kappa shape index (κ3) is 3.83. The lowest BCUT2D eigenvalue weighted by Crippen LogP contribution is -2.51. The average Bonchev–Trinajstić information content (AvgIpc) is 2.95. The van der Waals surface area contributed by atoms with Crippen molar-refractivity contribution in [3.05, 3.63) is 34.9 Å². The third-order valence-electron chi connectivity index (χ3n) is 4.35. The number of hydrogen-bond donors (Lipinski definition) is 4. The normalized spacial score (nSPS) is 28.0. The molecule has 4 N–H and O–H groups in total. The van der Waals surface area contributed by atoms with Crippen molar-refractivity contribution in [1.29, 1.82) is 0 Å². The molecule has 2 aliphatic heterocycles. The predicted octanol–water partition coefficient (Wildman–Crippen LogP) is 1.03. The number of hydrazine groups is 1. The summed E-state index contributed by atoms with van der Waals surface area (Å²) in [6, 6.07) is 6.73. The van der Waals surface area contributed by atoms with Gasteiger partial charge in [0.1, 0.15) is 12.1 Å². The van der Waals surface area contributed by atoms with E-state index in [9.17, 15) is 9.59 Å². The summed E-state index contributed by atoms with van der Waals surface area (Å²) in [5, 5.41) is 6.35. The molecule has 3 unspecified atom stereocenters. The van der Waals surface area contributed by atoms with Gasteiger partial charge in [-0.3, -0.25) is 9.59 Å². The first kappa shape index (κ1) is 16.2. The monoisotopic (exact) mass is 336 g/mol. The van der Waals surface area contributed by atoms with Crippen LogP contribution in [0.1, 0.15) is 37.3 Å². The average molecular weight is 337 g/mol. The molecule has 2 aliphatic rings. The van der Waals surface area contributed by atoms with Gasteiger partial charge in [-0.2, -0.15) is 0 Å². The molecule has 3 rings (SSSR count). The van der Waals surface area contributed by atoms with Crippen molar-refractivity contribution in [3.63, 3.8) is 0 Å². The second kappa shape index (κ2) is 7.29. The molecular weight excluding hydrogens is 316 g/mol. The molecule has 0 aliphatic carbocycles. The number of amides is 2. The summed E-state index contributed by atoms with van der Waals surface area (Å²) in [7, 11) is 0. The van der Waals surface area contributed by atoms with Crippen LogP contribution in [0.3, 0.4) is 0 Å². The van der Waals surface area contributed by atoms with E-state index in [1.54, 1.807) is 0 Å². The molecule has 0 aromatic heterocycles. The predicted molar refractivity (Wildman–Crippen MR) is 87.7 cm³/mol. The highest BCUT2D eigenvalue weighted by Crippen LogP contribution is 2.28. The Bertz CT molecular complexity index is 595. The first-order valence-corrected chi connectivity index (χ1v) is 8.36. The molecule has 2 saturated heterocycles. The molecule has 0 spiro atoms. The topological polar surface area (TPSA) is 82.3 Å². The van der Waals surface area contributed by atoms with Crippen LogP contribution in [0.15, 0.2) is 24.3 Å². The van der Waals surface area contributed by atoms with Gasteiger partial charge in [0.05, 0.1) is 0 Å². The van der Waals surface area contributed by atoms with E-state index in [-0.39, 0.29) is 23.9 Å². The van der Waals surface area contributed by atoms with Crippen molar-refractivity contribution < 1.29 is 9.59 Å². The number of carbonyl (C=O) groups excluding carboxylic acids is 2. The van der Waals surface area contributed by atoms with E-state index >= 15 is 0 Å². The lowest BCUT2D eigenvalue weighted by molar-refractivity contribution is -0.129. The van der Waals surface area contributed by atoms with Crippen molar-refractivity contribution >= 4 is 23.4 Å². The van der Waals surface area contributed by atoms with Crippen LogP contribution in [0.25, 0.3) is 0 Å². The zero-order valence-electron chi connectivity index (χ0n) is 12.8. The van der Waals surface area contributed by atoms with Gasteiger partial charge < -0.3 is 10.6 Å².